The highest BCUT2D eigenvalue weighted by Gasteiger charge is 2.12. The van der Waals surface area contributed by atoms with Gasteiger partial charge in [0.1, 0.15) is 6.26 Å². The van der Waals surface area contributed by atoms with E-state index in [1.54, 1.807) is 12.3 Å². The highest BCUT2D eigenvalue weighted by molar-refractivity contribution is 6.08. The lowest BCUT2D eigenvalue weighted by Crippen LogP contribution is -2.16. The van der Waals surface area contributed by atoms with Gasteiger partial charge in [-0.15, -0.1) is 0 Å². The van der Waals surface area contributed by atoms with E-state index in [2.05, 4.69) is 5.32 Å². The van der Waals surface area contributed by atoms with Crippen molar-refractivity contribution in [3.63, 3.8) is 0 Å². The number of dihydropyridines is 1. The summed E-state index contributed by atoms with van der Waals surface area (Å²) >= 11 is 0. The number of ketones is 1. The molecule has 0 fully saturated rings. The second kappa shape index (κ2) is 3.31. The Hall–Kier alpha value is -1.77. The Kier molecular flexibility index (Phi) is 2.00. The Labute approximate surface area is 75.7 Å². The highest BCUT2D eigenvalue weighted by Crippen LogP contribution is 2.09. The lowest BCUT2D eigenvalue weighted by Gasteiger charge is -2.07. The number of nitrogens with one attached hydrogen (secondary N) is 1. The lowest BCUT2D eigenvalue weighted by atomic mass is 10.1. The fraction of sp³-hybridized carbons (Fsp3) is 0.100. The molecule has 0 bridgehead atoms. The smallest absolute Gasteiger partial charge is 0.212 e. The Morgan fingerprint density at radius 3 is 3.08 bits per heavy atom. The predicted octanol–water partition coefficient (Wildman–Crippen LogP) is 1.85. The fourth-order valence-electron chi connectivity index (χ4n) is 1.17. The minimum atomic E-state index is -0.0295. The van der Waals surface area contributed by atoms with Crippen LogP contribution >= 0.6 is 0 Å². The average Bonchev–Trinajstić information content (AvgIpc) is 2.71. The maximum absolute atomic E-state index is 11.6. The molecule has 3 nitrogen and oxygen atoms in total. The SMILES string of the molecule is O=C(C1=CCC=CN1)c1ccoc1. The quantitative estimate of drug-likeness (QED) is 0.697. The molecule has 13 heavy (non-hydrogen) atoms. The van der Waals surface area contributed by atoms with E-state index >= 15 is 0 Å². The maximum atomic E-state index is 11.6. The summed E-state index contributed by atoms with van der Waals surface area (Å²) in [5.41, 5.74) is 1.19. The molecular formula is C10H9NO2. The summed E-state index contributed by atoms with van der Waals surface area (Å²) in [6.07, 6.45) is 9.32. The van der Waals surface area contributed by atoms with Crippen LogP contribution in [-0.2, 0) is 0 Å². The molecule has 1 aliphatic rings. The first kappa shape index (κ1) is 7.86. The van der Waals surface area contributed by atoms with Gasteiger partial charge in [-0.05, 0) is 18.7 Å². The number of carbonyl (C=O) groups is 1. The molecular weight excluding hydrogens is 166 g/mol. The van der Waals surface area contributed by atoms with Crippen molar-refractivity contribution in [3.05, 3.63) is 48.2 Å². The summed E-state index contributed by atoms with van der Waals surface area (Å²) in [4.78, 5) is 11.6. The van der Waals surface area contributed by atoms with Crippen LogP contribution in [0.4, 0.5) is 0 Å². The first-order valence-corrected chi connectivity index (χ1v) is 4.06. The second-order valence-electron chi connectivity index (χ2n) is 2.74. The molecule has 3 heteroatoms. The van der Waals surface area contributed by atoms with E-state index in [4.69, 9.17) is 4.42 Å². The van der Waals surface area contributed by atoms with Crippen LogP contribution in [0.1, 0.15) is 16.8 Å². The van der Waals surface area contributed by atoms with E-state index in [0.717, 1.165) is 6.42 Å². The third-order valence-corrected chi connectivity index (χ3v) is 1.84. The molecule has 2 heterocycles. The first-order chi connectivity index (χ1) is 6.38. The number of Topliss-reactive ketones (excluding diaryl/α,β-unsaturated/α-hetero) is 1. The van der Waals surface area contributed by atoms with Crippen LogP contribution in [-0.4, -0.2) is 5.78 Å². The van der Waals surface area contributed by atoms with Gasteiger partial charge in [-0.1, -0.05) is 12.2 Å². The van der Waals surface area contributed by atoms with Crippen molar-refractivity contribution in [1.29, 1.82) is 0 Å². The minimum absolute atomic E-state index is 0.0295. The molecule has 0 atom stereocenters. The van der Waals surface area contributed by atoms with Crippen LogP contribution in [0, 0.1) is 0 Å². The molecule has 0 aliphatic carbocycles. The zero-order chi connectivity index (χ0) is 9.10. The normalized spacial score (nSPS) is 14.9. The summed E-state index contributed by atoms with van der Waals surface area (Å²) < 4.78 is 4.83. The van der Waals surface area contributed by atoms with Crippen LogP contribution in [0.15, 0.2) is 47.1 Å². The molecule has 0 spiro atoms. The Bertz CT molecular complexity index is 360. The van der Waals surface area contributed by atoms with E-state index in [9.17, 15) is 4.79 Å². The van der Waals surface area contributed by atoms with Crippen molar-refractivity contribution in [3.8, 4) is 0 Å². The second-order valence-corrected chi connectivity index (χ2v) is 2.74. The molecule has 0 radical (unpaired) electrons. The zero-order valence-corrected chi connectivity index (χ0v) is 6.99. The van der Waals surface area contributed by atoms with E-state index in [1.807, 2.05) is 12.2 Å². The van der Waals surface area contributed by atoms with Crippen LogP contribution < -0.4 is 5.32 Å². The number of furan rings is 1. The van der Waals surface area contributed by atoms with Crippen molar-refractivity contribution in [1.82, 2.24) is 5.32 Å². The van der Waals surface area contributed by atoms with Crippen LogP contribution in [0.2, 0.25) is 0 Å². The monoisotopic (exact) mass is 175 g/mol. The molecule has 0 saturated carbocycles. The van der Waals surface area contributed by atoms with Gasteiger partial charge in [0.15, 0.2) is 0 Å². The molecule has 2 rings (SSSR count). The van der Waals surface area contributed by atoms with Crippen LogP contribution in [0.25, 0.3) is 0 Å². The van der Waals surface area contributed by atoms with Crippen molar-refractivity contribution in [2.45, 2.75) is 6.42 Å². The molecule has 0 saturated heterocycles. The molecule has 66 valence electrons. The summed E-state index contributed by atoms with van der Waals surface area (Å²) in [5.74, 6) is -0.0295. The molecule has 1 aromatic heterocycles. The van der Waals surface area contributed by atoms with Gasteiger partial charge in [0.2, 0.25) is 5.78 Å². The number of allylic oxidation sites excluding steroid dienone is 3. The Balaban J connectivity index is 2.18. The number of rotatable bonds is 2. The van der Waals surface area contributed by atoms with Crippen LogP contribution in [0.5, 0.6) is 0 Å². The summed E-state index contributed by atoms with van der Waals surface area (Å²) in [6, 6.07) is 1.66. The topological polar surface area (TPSA) is 42.2 Å². The molecule has 1 aliphatic heterocycles. The van der Waals surface area contributed by atoms with E-state index in [0.29, 0.717) is 11.3 Å². The van der Waals surface area contributed by atoms with Gasteiger partial charge in [-0.25, -0.2) is 0 Å². The van der Waals surface area contributed by atoms with Gasteiger partial charge < -0.3 is 9.73 Å². The van der Waals surface area contributed by atoms with Gasteiger partial charge in [-0.3, -0.25) is 4.79 Å². The third kappa shape index (κ3) is 1.54. The number of carbonyl (C=O) groups excluding carboxylic acids is 1. The third-order valence-electron chi connectivity index (χ3n) is 1.84. The standard InChI is InChI=1S/C10H9NO2/c12-10(8-4-6-13-7-8)9-3-1-2-5-11-9/h2-7,11H,1H2. The number of hydrogen-bond acceptors (Lipinski definition) is 3. The van der Waals surface area contributed by atoms with E-state index in [1.165, 1.54) is 12.5 Å². The van der Waals surface area contributed by atoms with Crippen molar-refractivity contribution >= 4 is 5.78 Å². The van der Waals surface area contributed by atoms with Crippen molar-refractivity contribution in [2.75, 3.05) is 0 Å². The van der Waals surface area contributed by atoms with Gasteiger partial charge in [0.25, 0.3) is 0 Å². The molecule has 0 amide bonds. The van der Waals surface area contributed by atoms with Crippen LogP contribution in [0.3, 0.4) is 0 Å². The zero-order valence-electron chi connectivity index (χ0n) is 6.99. The summed E-state index contributed by atoms with van der Waals surface area (Å²) in [7, 11) is 0. The molecule has 1 aromatic rings. The van der Waals surface area contributed by atoms with Gasteiger partial charge in [-0.2, -0.15) is 0 Å². The van der Waals surface area contributed by atoms with Crippen molar-refractivity contribution < 1.29 is 9.21 Å². The van der Waals surface area contributed by atoms with Gasteiger partial charge >= 0.3 is 0 Å². The van der Waals surface area contributed by atoms with Gasteiger partial charge in [0, 0.05) is 0 Å². The highest BCUT2D eigenvalue weighted by atomic mass is 16.3. The number of hydrogen-bond donors (Lipinski definition) is 1. The Morgan fingerprint density at radius 2 is 2.46 bits per heavy atom. The molecule has 0 aromatic carbocycles. The average molecular weight is 175 g/mol. The lowest BCUT2D eigenvalue weighted by molar-refractivity contribution is 0.102. The summed E-state index contributed by atoms with van der Waals surface area (Å²) in [6.45, 7) is 0. The summed E-state index contributed by atoms with van der Waals surface area (Å²) in [5, 5.41) is 2.90. The van der Waals surface area contributed by atoms with Crippen molar-refractivity contribution in [2.24, 2.45) is 0 Å². The molecule has 1 N–H and O–H groups in total. The largest absolute Gasteiger partial charge is 0.472 e. The minimum Gasteiger partial charge on any atom is -0.472 e. The fourth-order valence-corrected chi connectivity index (χ4v) is 1.17. The van der Waals surface area contributed by atoms with E-state index in [-0.39, 0.29) is 5.78 Å². The molecule has 0 unspecified atom stereocenters. The van der Waals surface area contributed by atoms with Gasteiger partial charge in [0.05, 0.1) is 17.5 Å². The van der Waals surface area contributed by atoms with E-state index < -0.39 is 0 Å². The predicted molar refractivity (Wildman–Crippen MR) is 48.0 cm³/mol. The first-order valence-electron chi connectivity index (χ1n) is 4.06. The maximum Gasteiger partial charge on any atom is 0.212 e. The Morgan fingerprint density at radius 1 is 1.54 bits per heavy atom.